The van der Waals surface area contributed by atoms with Gasteiger partial charge in [0.2, 0.25) is 0 Å². The van der Waals surface area contributed by atoms with Gasteiger partial charge in [-0.2, -0.15) is 0 Å². The molecule has 0 atom stereocenters. The van der Waals surface area contributed by atoms with Gasteiger partial charge in [-0.25, -0.2) is 0 Å². The van der Waals surface area contributed by atoms with Crippen molar-refractivity contribution in [2.45, 2.75) is 13.8 Å². The molecule has 0 aliphatic heterocycles. The molecule has 0 aromatic heterocycles. The molecule has 4 heteroatoms. The third kappa shape index (κ3) is 11.7. The van der Waals surface area contributed by atoms with E-state index in [0.717, 1.165) is 5.75 Å². The van der Waals surface area contributed by atoms with Crippen molar-refractivity contribution in [2.24, 2.45) is 11.7 Å². The van der Waals surface area contributed by atoms with Crippen LogP contribution in [-0.4, -0.2) is 10.9 Å². The smallest absolute Gasteiger partial charge is 0.151 e. The van der Waals surface area contributed by atoms with E-state index in [2.05, 4.69) is 13.8 Å². The maximum absolute atomic E-state index is 6.83. The number of halogens is 1. The Labute approximate surface area is 70.9 Å². The number of nitrogens with two attached hydrogens (primary N) is 1. The van der Waals surface area contributed by atoms with E-state index in [1.165, 1.54) is 11.8 Å². The summed E-state index contributed by atoms with van der Waals surface area (Å²) in [5.74, 6) is 1.58. The predicted octanol–water partition coefficient (Wildman–Crippen LogP) is 1.85. The molecule has 0 aromatic rings. The molecule has 0 saturated carbocycles. The van der Waals surface area contributed by atoms with E-state index in [9.17, 15) is 0 Å². The molecule has 0 bridgehead atoms. The summed E-state index contributed by atoms with van der Waals surface area (Å²) in [6, 6.07) is 0. The first-order valence-electron chi connectivity index (χ1n) is 2.59. The van der Waals surface area contributed by atoms with Crippen LogP contribution in [0.15, 0.2) is 0 Å². The van der Waals surface area contributed by atoms with Gasteiger partial charge in [-0.3, -0.25) is 5.41 Å². The van der Waals surface area contributed by atoms with Gasteiger partial charge in [-0.05, 0) is 5.92 Å². The first-order chi connectivity index (χ1) is 3.63. The van der Waals surface area contributed by atoms with Crippen molar-refractivity contribution in [3.63, 3.8) is 0 Å². The zero-order valence-corrected chi connectivity index (χ0v) is 8.21. The van der Waals surface area contributed by atoms with Crippen molar-refractivity contribution in [3.05, 3.63) is 0 Å². The van der Waals surface area contributed by atoms with Crippen LogP contribution in [0.2, 0.25) is 0 Å². The highest BCUT2D eigenvalue weighted by Gasteiger charge is 1.93. The third-order valence-corrected chi connectivity index (χ3v) is 1.72. The molecule has 0 aliphatic rings. The lowest BCUT2D eigenvalue weighted by molar-refractivity contribution is 0.752. The molecule has 0 rings (SSSR count). The van der Waals surface area contributed by atoms with Crippen LogP contribution in [0, 0.1) is 11.3 Å². The second-order valence-electron chi connectivity index (χ2n) is 2.07. The van der Waals surface area contributed by atoms with Crippen LogP contribution < -0.4 is 5.73 Å². The van der Waals surface area contributed by atoms with Gasteiger partial charge in [0.1, 0.15) is 0 Å². The molecular formula is C5H13BrN2S. The van der Waals surface area contributed by atoms with Crippen molar-refractivity contribution >= 4 is 33.9 Å². The van der Waals surface area contributed by atoms with Gasteiger partial charge in [-0.15, -0.1) is 17.0 Å². The van der Waals surface area contributed by atoms with E-state index < -0.39 is 0 Å². The van der Waals surface area contributed by atoms with Gasteiger partial charge >= 0.3 is 0 Å². The Hall–Kier alpha value is 0.300. The number of hydrogen-bond donors (Lipinski definition) is 2. The van der Waals surface area contributed by atoms with Crippen molar-refractivity contribution in [1.29, 1.82) is 5.41 Å². The Morgan fingerprint density at radius 1 is 1.67 bits per heavy atom. The molecule has 0 fully saturated rings. The van der Waals surface area contributed by atoms with E-state index in [-0.39, 0.29) is 22.1 Å². The van der Waals surface area contributed by atoms with E-state index in [1.54, 1.807) is 0 Å². The standard InChI is InChI=1S/C5H12N2S.BrH/c1-4(2)3-8-5(6)7;/h4H,3H2,1-2H3,(H3,6,7);1H. The Balaban J connectivity index is 0. The van der Waals surface area contributed by atoms with Crippen LogP contribution in [0.5, 0.6) is 0 Å². The first kappa shape index (κ1) is 12.0. The quantitative estimate of drug-likeness (QED) is 0.543. The van der Waals surface area contributed by atoms with Crippen LogP contribution in [0.4, 0.5) is 0 Å². The minimum atomic E-state index is 0. The minimum absolute atomic E-state index is 0. The molecule has 0 aliphatic carbocycles. The lowest BCUT2D eigenvalue weighted by Crippen LogP contribution is -2.06. The molecular weight excluding hydrogens is 200 g/mol. The summed E-state index contributed by atoms with van der Waals surface area (Å²) in [6.45, 7) is 4.21. The highest BCUT2D eigenvalue weighted by molar-refractivity contribution is 8.93. The topological polar surface area (TPSA) is 49.9 Å². The monoisotopic (exact) mass is 212 g/mol. The largest absolute Gasteiger partial charge is 0.379 e. The van der Waals surface area contributed by atoms with E-state index in [0.29, 0.717) is 5.92 Å². The summed E-state index contributed by atoms with van der Waals surface area (Å²) in [5.41, 5.74) is 5.09. The molecule has 0 aromatic carbocycles. The van der Waals surface area contributed by atoms with Gasteiger partial charge in [-0.1, -0.05) is 25.6 Å². The number of hydrogen-bond acceptors (Lipinski definition) is 2. The zero-order valence-electron chi connectivity index (χ0n) is 5.68. The maximum atomic E-state index is 6.83. The van der Waals surface area contributed by atoms with Gasteiger partial charge < -0.3 is 5.73 Å². The normalized spacial score (nSPS) is 8.78. The third-order valence-electron chi connectivity index (χ3n) is 0.572. The Morgan fingerprint density at radius 3 is 2.22 bits per heavy atom. The van der Waals surface area contributed by atoms with Gasteiger partial charge in [0.25, 0.3) is 0 Å². The second-order valence-corrected chi connectivity index (χ2v) is 3.13. The lowest BCUT2D eigenvalue weighted by atomic mass is 10.3. The lowest BCUT2D eigenvalue weighted by Gasteiger charge is -1.99. The molecule has 0 saturated heterocycles. The molecule has 0 spiro atoms. The summed E-state index contributed by atoms with van der Waals surface area (Å²) in [5, 5.41) is 7.05. The van der Waals surface area contributed by atoms with E-state index >= 15 is 0 Å². The van der Waals surface area contributed by atoms with Gasteiger partial charge in [0.05, 0.1) is 0 Å². The number of amidine groups is 1. The maximum Gasteiger partial charge on any atom is 0.151 e. The molecule has 0 amide bonds. The van der Waals surface area contributed by atoms with Crippen molar-refractivity contribution in [1.82, 2.24) is 0 Å². The summed E-state index contributed by atoms with van der Waals surface area (Å²) in [4.78, 5) is 0. The van der Waals surface area contributed by atoms with Crippen LogP contribution in [0.1, 0.15) is 13.8 Å². The van der Waals surface area contributed by atoms with Crippen LogP contribution in [0.25, 0.3) is 0 Å². The molecule has 0 heterocycles. The summed E-state index contributed by atoms with van der Waals surface area (Å²) in [6.07, 6.45) is 0. The fraction of sp³-hybridized carbons (Fsp3) is 0.800. The Bertz CT molecular complexity index is 85.0. The molecule has 3 N–H and O–H groups in total. The van der Waals surface area contributed by atoms with E-state index in [4.69, 9.17) is 11.1 Å². The van der Waals surface area contributed by atoms with Gasteiger partial charge in [0.15, 0.2) is 5.17 Å². The van der Waals surface area contributed by atoms with Crippen molar-refractivity contribution < 1.29 is 0 Å². The molecule has 0 radical (unpaired) electrons. The predicted molar refractivity (Wildman–Crippen MR) is 49.5 cm³/mol. The van der Waals surface area contributed by atoms with Gasteiger partial charge in [0, 0.05) is 5.75 Å². The SMILES string of the molecule is Br.CC(C)CSC(=N)N. The average molecular weight is 213 g/mol. The average Bonchev–Trinajstić information content (AvgIpc) is 1.61. The van der Waals surface area contributed by atoms with E-state index in [1.807, 2.05) is 0 Å². The Kier molecular flexibility index (Phi) is 8.58. The summed E-state index contributed by atoms with van der Waals surface area (Å²) >= 11 is 1.40. The van der Waals surface area contributed by atoms with Crippen molar-refractivity contribution in [2.75, 3.05) is 5.75 Å². The zero-order chi connectivity index (χ0) is 6.57. The number of thioether (sulfide) groups is 1. The Morgan fingerprint density at radius 2 is 2.11 bits per heavy atom. The molecule has 56 valence electrons. The molecule has 0 unspecified atom stereocenters. The number of nitrogens with one attached hydrogen (secondary N) is 1. The molecule has 2 nitrogen and oxygen atoms in total. The van der Waals surface area contributed by atoms with Crippen molar-refractivity contribution in [3.8, 4) is 0 Å². The highest BCUT2D eigenvalue weighted by atomic mass is 79.9. The summed E-state index contributed by atoms with van der Waals surface area (Å²) < 4.78 is 0. The van der Waals surface area contributed by atoms with Crippen LogP contribution in [0.3, 0.4) is 0 Å². The fourth-order valence-electron chi connectivity index (χ4n) is 0.256. The minimum Gasteiger partial charge on any atom is -0.379 e. The molecule has 9 heavy (non-hydrogen) atoms. The van der Waals surface area contributed by atoms with Crippen LogP contribution >= 0.6 is 28.7 Å². The number of rotatable bonds is 2. The fourth-order valence-corrected chi connectivity index (χ4v) is 0.769. The first-order valence-corrected chi connectivity index (χ1v) is 3.58. The van der Waals surface area contributed by atoms with Crippen LogP contribution in [-0.2, 0) is 0 Å². The summed E-state index contributed by atoms with van der Waals surface area (Å²) in [7, 11) is 0. The second kappa shape index (κ2) is 6.42. The highest BCUT2D eigenvalue weighted by Crippen LogP contribution is 2.04.